The van der Waals surface area contributed by atoms with Crippen molar-refractivity contribution in [2.45, 2.75) is 83.3 Å². The molecule has 0 aromatic carbocycles. The number of carbonyl (C=O) groups excluding carboxylic acids is 1. The maximum atomic E-state index is 12.1. The number of hydrogen-bond donors (Lipinski definition) is 4. The van der Waals surface area contributed by atoms with Gasteiger partial charge in [-0.3, -0.25) is 14.6 Å². The fraction of sp³-hybridized carbons (Fsp3) is 0.609. The molecule has 0 aromatic rings. The molecular weight excluding hydrogens is 435 g/mol. The summed E-state index contributed by atoms with van der Waals surface area (Å²) < 4.78 is 15.4. The van der Waals surface area contributed by atoms with E-state index in [-0.39, 0.29) is 6.42 Å². The number of aliphatic hydroxyl groups excluding tert-OH is 1. The van der Waals surface area contributed by atoms with Gasteiger partial charge in [0.05, 0.1) is 6.61 Å². The van der Waals surface area contributed by atoms with Crippen molar-refractivity contribution in [3.05, 3.63) is 48.6 Å². The Morgan fingerprint density at radius 3 is 1.81 bits per heavy atom. The summed E-state index contributed by atoms with van der Waals surface area (Å²) in [5.74, 6) is -0.669. The highest BCUT2D eigenvalue weighted by Gasteiger charge is 2.35. The smallest absolute Gasteiger partial charge is 0.393 e. The van der Waals surface area contributed by atoms with Gasteiger partial charge in [0.15, 0.2) is 11.9 Å². The normalized spacial score (nSPS) is 14.9. The van der Waals surface area contributed by atoms with Crippen molar-refractivity contribution < 1.29 is 38.9 Å². The van der Waals surface area contributed by atoms with Gasteiger partial charge in [0.2, 0.25) is 0 Å². The summed E-state index contributed by atoms with van der Waals surface area (Å²) in [6.45, 7) is 1.37. The van der Waals surface area contributed by atoms with Gasteiger partial charge in [-0.05, 0) is 44.9 Å². The van der Waals surface area contributed by atoms with Crippen LogP contribution >= 0.6 is 7.82 Å². The minimum atomic E-state index is -4.99. The molecule has 0 aromatic heterocycles. The van der Waals surface area contributed by atoms with E-state index in [1.165, 1.54) is 19.3 Å². The molecule has 0 aliphatic heterocycles. The molecule has 8 nitrogen and oxygen atoms in total. The zero-order valence-electron chi connectivity index (χ0n) is 18.9. The first-order valence-electron chi connectivity index (χ1n) is 11.1. The average Bonchev–Trinajstić information content (AvgIpc) is 2.75. The number of unbranched alkanes of at least 4 members (excludes halogenated alkanes) is 4. The molecule has 0 saturated heterocycles. The molecule has 9 heteroatoms. The van der Waals surface area contributed by atoms with Crippen molar-refractivity contribution in [3.8, 4) is 0 Å². The lowest BCUT2D eigenvalue weighted by Crippen LogP contribution is -2.39. The fourth-order valence-corrected chi connectivity index (χ4v) is 3.31. The molecule has 4 N–H and O–H groups in total. The molecule has 0 radical (unpaired) electrons. The van der Waals surface area contributed by atoms with Gasteiger partial charge in [-0.1, -0.05) is 68.4 Å². The second kappa shape index (κ2) is 20.2. The van der Waals surface area contributed by atoms with Crippen molar-refractivity contribution in [2.24, 2.45) is 0 Å². The third-order valence-electron chi connectivity index (χ3n) is 4.47. The molecule has 0 aliphatic rings. The molecule has 0 fully saturated rings. The van der Waals surface area contributed by atoms with Gasteiger partial charge >= 0.3 is 7.82 Å². The highest BCUT2D eigenvalue weighted by atomic mass is 31.2. The third-order valence-corrected chi connectivity index (χ3v) is 4.97. The molecule has 32 heavy (non-hydrogen) atoms. The molecule has 0 heterocycles. The van der Waals surface area contributed by atoms with Gasteiger partial charge in [-0.25, -0.2) is 9.45 Å². The number of Topliss-reactive ketones (excluding diaryl/α,β-unsaturated/α-hetero) is 1. The Morgan fingerprint density at radius 1 is 0.875 bits per heavy atom. The molecule has 1 unspecified atom stereocenters. The first-order valence-corrected chi connectivity index (χ1v) is 12.7. The van der Waals surface area contributed by atoms with Gasteiger partial charge in [0.25, 0.3) is 0 Å². The fourth-order valence-electron chi connectivity index (χ4n) is 2.76. The largest absolute Gasteiger partial charge is 0.470 e. The van der Waals surface area contributed by atoms with Gasteiger partial charge in [-0.15, -0.1) is 0 Å². The Hall–Kier alpha value is -1.38. The highest BCUT2D eigenvalue weighted by molar-refractivity contribution is 7.46. The number of carbonyl (C=O) groups is 1. The van der Waals surface area contributed by atoms with Gasteiger partial charge in [0.1, 0.15) is 6.10 Å². The second-order valence-corrected chi connectivity index (χ2v) is 8.48. The first-order chi connectivity index (χ1) is 15.4. The maximum Gasteiger partial charge on any atom is 0.470 e. The van der Waals surface area contributed by atoms with Crippen molar-refractivity contribution in [1.29, 1.82) is 0 Å². The predicted molar refractivity (Wildman–Crippen MR) is 125 cm³/mol. The topological polar surface area (TPSA) is 134 Å². The van der Waals surface area contributed by atoms with Crippen LogP contribution in [0.2, 0.25) is 0 Å². The molecule has 0 amide bonds. The average molecular weight is 475 g/mol. The van der Waals surface area contributed by atoms with Crippen molar-refractivity contribution >= 4 is 13.6 Å². The van der Waals surface area contributed by atoms with E-state index in [2.05, 4.69) is 52.8 Å². The van der Waals surface area contributed by atoms with Gasteiger partial charge in [0, 0.05) is 6.42 Å². The summed E-state index contributed by atoms with van der Waals surface area (Å²) in [7, 11) is -4.99. The molecule has 2 atom stereocenters. The van der Waals surface area contributed by atoms with Crippen molar-refractivity contribution in [3.63, 3.8) is 0 Å². The summed E-state index contributed by atoms with van der Waals surface area (Å²) in [5.41, 5.74) is 0. The van der Waals surface area contributed by atoms with E-state index >= 15 is 0 Å². The second-order valence-electron chi connectivity index (χ2n) is 7.29. The van der Waals surface area contributed by atoms with Crippen LogP contribution in [-0.4, -0.2) is 44.7 Å². The molecule has 0 saturated carbocycles. The van der Waals surface area contributed by atoms with E-state index in [9.17, 15) is 9.36 Å². The van der Waals surface area contributed by atoms with Gasteiger partial charge < -0.3 is 14.9 Å². The van der Waals surface area contributed by atoms with E-state index in [1.54, 1.807) is 0 Å². The van der Waals surface area contributed by atoms with Crippen molar-refractivity contribution in [1.82, 2.24) is 0 Å². The van der Waals surface area contributed by atoms with E-state index in [0.717, 1.165) is 25.7 Å². The SMILES string of the molecule is CCCCC/C=C\C/C=C\C/C=C\C/C=C\CCCC(=O)C(OP(=O)(O)O)[C@H](CO)OO. The maximum absolute atomic E-state index is 12.1. The number of phosphoric ester groups is 1. The van der Waals surface area contributed by atoms with Crippen LogP contribution < -0.4 is 0 Å². The highest BCUT2D eigenvalue weighted by Crippen LogP contribution is 2.39. The quantitative estimate of drug-likeness (QED) is 0.0635. The lowest BCUT2D eigenvalue weighted by molar-refractivity contribution is -0.298. The summed E-state index contributed by atoms with van der Waals surface area (Å²) in [5, 5.41) is 17.8. The molecule has 0 rings (SSSR count). The molecular formula is C23H39O8P. The summed E-state index contributed by atoms with van der Waals surface area (Å²) in [6.07, 6.45) is 22.0. The Labute approximate surface area is 191 Å². The summed E-state index contributed by atoms with van der Waals surface area (Å²) in [4.78, 5) is 33.8. The van der Waals surface area contributed by atoms with E-state index in [0.29, 0.717) is 12.8 Å². The van der Waals surface area contributed by atoms with Crippen LogP contribution in [0.3, 0.4) is 0 Å². The van der Waals surface area contributed by atoms with Crippen LogP contribution in [0, 0.1) is 0 Å². The summed E-state index contributed by atoms with van der Waals surface area (Å²) in [6, 6.07) is 0. The lowest BCUT2D eigenvalue weighted by atomic mass is 10.0. The molecule has 0 bridgehead atoms. The molecule has 0 spiro atoms. The monoisotopic (exact) mass is 474 g/mol. The summed E-state index contributed by atoms with van der Waals surface area (Å²) >= 11 is 0. The van der Waals surface area contributed by atoms with Crippen molar-refractivity contribution in [2.75, 3.05) is 6.61 Å². The van der Waals surface area contributed by atoms with Crippen LogP contribution in [0.4, 0.5) is 0 Å². The number of hydrogen-bond acceptors (Lipinski definition) is 6. The van der Waals surface area contributed by atoms with Crippen LogP contribution in [0.25, 0.3) is 0 Å². The minimum absolute atomic E-state index is 0.0391. The number of rotatable bonds is 20. The van der Waals surface area contributed by atoms with E-state index in [1.807, 2.05) is 12.2 Å². The van der Waals surface area contributed by atoms with E-state index < -0.39 is 32.4 Å². The standard InChI is InChI=1S/C23H39O8P/c1-2-3-4-5-6-7-8-9-10-11-12-13-14-15-16-17-18-19-21(25)23(22(20-24)30-26)31-32(27,28)29/h6-7,9-10,12-13,15-16,22-24,26H,2-5,8,11,14,17-20H2,1H3,(H2,27,28,29)/b7-6-,10-9-,13-12-,16-15-/t22-,23?/m0/s1. The zero-order valence-corrected chi connectivity index (χ0v) is 19.8. The molecule has 184 valence electrons. The molecule has 0 aliphatic carbocycles. The van der Waals surface area contributed by atoms with Gasteiger partial charge in [-0.2, -0.15) is 0 Å². The van der Waals surface area contributed by atoms with E-state index in [4.69, 9.17) is 20.2 Å². The lowest BCUT2D eigenvalue weighted by Gasteiger charge is -2.22. The first kappa shape index (κ1) is 30.6. The van der Waals surface area contributed by atoms with Crippen LogP contribution in [-0.2, 0) is 18.8 Å². The Morgan fingerprint density at radius 2 is 1.38 bits per heavy atom. The third kappa shape index (κ3) is 18.2. The number of ketones is 1. The van der Waals surface area contributed by atoms with Crippen LogP contribution in [0.5, 0.6) is 0 Å². The Balaban J connectivity index is 4.02. The minimum Gasteiger partial charge on any atom is -0.393 e. The number of aliphatic hydroxyl groups is 1. The van der Waals surface area contributed by atoms with Crippen LogP contribution in [0.1, 0.15) is 71.1 Å². The number of allylic oxidation sites excluding steroid dienone is 8. The Bertz CT molecular complexity index is 632. The number of phosphoric acid groups is 1. The Kier molecular flexibility index (Phi) is 19.4. The van der Waals surface area contributed by atoms with Crippen LogP contribution in [0.15, 0.2) is 48.6 Å². The zero-order chi connectivity index (χ0) is 24.1. The predicted octanol–water partition coefficient (Wildman–Crippen LogP) is 5.03.